The highest BCUT2D eigenvalue weighted by molar-refractivity contribution is 7.80. The molecule has 164 valence electrons. The third kappa shape index (κ3) is 4.34. The van der Waals surface area contributed by atoms with Gasteiger partial charge in [-0.15, -0.1) is 0 Å². The monoisotopic (exact) mass is 443 g/mol. The molecular formula is C23H26FN3O3S. The lowest BCUT2D eigenvalue weighted by Gasteiger charge is -2.38. The Morgan fingerprint density at radius 1 is 1.26 bits per heavy atom. The van der Waals surface area contributed by atoms with E-state index in [1.54, 1.807) is 57.1 Å². The van der Waals surface area contributed by atoms with Crippen molar-refractivity contribution in [3.05, 3.63) is 64.6 Å². The van der Waals surface area contributed by atoms with Crippen molar-refractivity contribution in [1.82, 2.24) is 10.2 Å². The van der Waals surface area contributed by atoms with Gasteiger partial charge in [-0.25, -0.2) is 4.39 Å². The van der Waals surface area contributed by atoms with Crippen LogP contribution < -0.4 is 15.0 Å². The topological polar surface area (TPSA) is 65.0 Å². The standard InChI is InChI=1S/C23H26FN3O3S/c1-6-30-19-11-15(8-10-18(19)28)21-20(22(29)26(4)5)14(3)27(23(31)25-21)16-9-7-13(2)17(24)12-16/h7-12,21,28H,6H2,1-5H3,(H,25,31)/t21-/m1/s1. The highest BCUT2D eigenvalue weighted by Crippen LogP contribution is 2.37. The molecule has 0 unspecified atom stereocenters. The maximum Gasteiger partial charge on any atom is 0.253 e. The number of anilines is 1. The molecule has 1 heterocycles. The van der Waals surface area contributed by atoms with Crippen LogP contribution in [0.3, 0.4) is 0 Å². The minimum Gasteiger partial charge on any atom is -0.504 e. The number of thiocarbonyl (C=S) groups is 1. The van der Waals surface area contributed by atoms with Crippen LogP contribution in [0, 0.1) is 12.7 Å². The van der Waals surface area contributed by atoms with Gasteiger partial charge in [0.15, 0.2) is 16.6 Å². The summed E-state index contributed by atoms with van der Waals surface area (Å²) in [4.78, 5) is 16.3. The van der Waals surface area contributed by atoms with Crippen LogP contribution in [0.5, 0.6) is 11.5 Å². The maximum atomic E-state index is 14.2. The largest absolute Gasteiger partial charge is 0.504 e. The molecule has 0 bridgehead atoms. The number of amides is 1. The van der Waals surface area contributed by atoms with Gasteiger partial charge in [-0.1, -0.05) is 12.1 Å². The second kappa shape index (κ2) is 8.93. The zero-order chi connectivity index (χ0) is 22.9. The van der Waals surface area contributed by atoms with Crippen molar-refractivity contribution in [2.24, 2.45) is 0 Å². The van der Waals surface area contributed by atoms with Gasteiger partial charge in [-0.05, 0) is 68.4 Å². The Bertz CT molecular complexity index is 1070. The highest BCUT2D eigenvalue weighted by atomic mass is 32.1. The normalized spacial score (nSPS) is 16.3. The number of likely N-dealkylation sites (N-methyl/N-ethyl adjacent to an activating group) is 1. The lowest BCUT2D eigenvalue weighted by atomic mass is 9.93. The summed E-state index contributed by atoms with van der Waals surface area (Å²) < 4.78 is 19.8. The van der Waals surface area contributed by atoms with Crippen LogP contribution in [-0.2, 0) is 4.79 Å². The Morgan fingerprint density at radius 3 is 2.58 bits per heavy atom. The summed E-state index contributed by atoms with van der Waals surface area (Å²) in [7, 11) is 3.34. The molecule has 0 saturated carbocycles. The first-order valence-corrected chi connectivity index (χ1v) is 10.3. The first-order chi connectivity index (χ1) is 14.6. The van der Waals surface area contributed by atoms with Crippen LogP contribution in [-0.4, -0.2) is 41.7 Å². The summed E-state index contributed by atoms with van der Waals surface area (Å²) in [6.07, 6.45) is 0. The minimum atomic E-state index is -0.561. The SMILES string of the molecule is CCOc1cc([C@H]2NC(=S)N(c3ccc(C)c(F)c3)C(C)=C2C(=O)N(C)C)ccc1O. The second-order valence-corrected chi connectivity index (χ2v) is 7.90. The van der Waals surface area contributed by atoms with Crippen LogP contribution in [0.1, 0.15) is 31.0 Å². The summed E-state index contributed by atoms with van der Waals surface area (Å²) >= 11 is 5.61. The first-order valence-electron chi connectivity index (χ1n) is 9.90. The predicted molar refractivity (Wildman–Crippen MR) is 123 cm³/mol. The zero-order valence-corrected chi connectivity index (χ0v) is 19.0. The van der Waals surface area contributed by atoms with E-state index in [2.05, 4.69) is 5.32 Å². The summed E-state index contributed by atoms with van der Waals surface area (Å²) in [5.74, 6) is -0.219. The molecule has 2 N–H and O–H groups in total. The maximum absolute atomic E-state index is 14.2. The minimum absolute atomic E-state index is 0.0157. The van der Waals surface area contributed by atoms with Crippen molar-refractivity contribution in [3.63, 3.8) is 0 Å². The molecule has 31 heavy (non-hydrogen) atoms. The van der Waals surface area contributed by atoms with E-state index in [9.17, 15) is 14.3 Å². The summed E-state index contributed by atoms with van der Waals surface area (Å²) in [5, 5.41) is 13.6. The van der Waals surface area contributed by atoms with E-state index in [-0.39, 0.29) is 17.5 Å². The molecule has 1 aliphatic heterocycles. The number of carbonyl (C=O) groups excluding carboxylic acids is 1. The Labute approximate surface area is 186 Å². The Kier molecular flexibility index (Phi) is 6.50. The van der Waals surface area contributed by atoms with E-state index >= 15 is 0 Å². The number of nitrogens with one attached hydrogen (secondary N) is 1. The van der Waals surface area contributed by atoms with Crippen molar-refractivity contribution in [2.75, 3.05) is 25.6 Å². The van der Waals surface area contributed by atoms with Gasteiger partial charge in [-0.2, -0.15) is 0 Å². The van der Waals surface area contributed by atoms with Gasteiger partial charge >= 0.3 is 0 Å². The number of hydrogen-bond acceptors (Lipinski definition) is 4. The molecule has 0 aromatic heterocycles. The van der Waals surface area contributed by atoms with Crippen molar-refractivity contribution >= 4 is 28.9 Å². The lowest BCUT2D eigenvalue weighted by molar-refractivity contribution is -0.125. The number of hydrogen-bond donors (Lipinski definition) is 2. The Morgan fingerprint density at radius 2 is 1.97 bits per heavy atom. The van der Waals surface area contributed by atoms with E-state index in [4.69, 9.17) is 17.0 Å². The first kappa shape index (κ1) is 22.6. The summed E-state index contributed by atoms with van der Waals surface area (Å²) in [5.41, 5.74) is 2.83. The van der Waals surface area contributed by atoms with Gasteiger partial charge < -0.3 is 20.1 Å². The molecule has 0 radical (unpaired) electrons. The van der Waals surface area contributed by atoms with Gasteiger partial charge in [0.1, 0.15) is 5.82 Å². The second-order valence-electron chi connectivity index (χ2n) is 7.51. The quantitative estimate of drug-likeness (QED) is 0.680. The summed E-state index contributed by atoms with van der Waals surface area (Å²) in [6.45, 7) is 5.69. The van der Waals surface area contributed by atoms with Crippen molar-refractivity contribution in [1.29, 1.82) is 0 Å². The number of phenolic OH excluding ortho intramolecular Hbond substituents is 1. The van der Waals surface area contributed by atoms with Crippen LogP contribution in [0.4, 0.5) is 10.1 Å². The van der Waals surface area contributed by atoms with Gasteiger partial charge in [0.2, 0.25) is 0 Å². The molecule has 1 amide bonds. The Balaban J connectivity index is 2.16. The number of ether oxygens (including phenoxy) is 1. The van der Waals surface area contributed by atoms with E-state index < -0.39 is 6.04 Å². The lowest BCUT2D eigenvalue weighted by Crippen LogP contribution is -2.49. The molecule has 2 aromatic rings. The number of nitrogens with zero attached hydrogens (tertiary/aromatic N) is 2. The molecule has 3 rings (SSSR count). The third-order valence-electron chi connectivity index (χ3n) is 5.15. The van der Waals surface area contributed by atoms with Gasteiger partial charge in [-0.3, -0.25) is 9.69 Å². The number of halogens is 1. The fourth-order valence-corrected chi connectivity index (χ4v) is 3.88. The summed E-state index contributed by atoms with van der Waals surface area (Å²) in [6, 6.07) is 9.22. The van der Waals surface area contributed by atoms with Crippen molar-refractivity contribution < 1.29 is 19.0 Å². The average Bonchev–Trinajstić information content (AvgIpc) is 2.71. The molecule has 8 heteroatoms. The highest BCUT2D eigenvalue weighted by Gasteiger charge is 2.35. The fraction of sp³-hybridized carbons (Fsp3) is 0.304. The molecule has 1 atom stereocenters. The number of aromatic hydroxyl groups is 1. The van der Waals surface area contributed by atoms with Gasteiger partial charge in [0.25, 0.3) is 5.91 Å². The molecule has 1 aliphatic rings. The van der Waals surface area contributed by atoms with Crippen LogP contribution >= 0.6 is 12.2 Å². The number of phenols is 1. The van der Waals surface area contributed by atoms with E-state index in [0.717, 1.165) is 0 Å². The molecule has 2 aromatic carbocycles. The van der Waals surface area contributed by atoms with Gasteiger partial charge in [0, 0.05) is 19.8 Å². The van der Waals surface area contributed by atoms with E-state index in [0.29, 0.717) is 45.6 Å². The molecule has 6 nitrogen and oxygen atoms in total. The number of benzene rings is 2. The number of rotatable bonds is 5. The smallest absolute Gasteiger partial charge is 0.253 e. The van der Waals surface area contributed by atoms with Crippen molar-refractivity contribution in [3.8, 4) is 11.5 Å². The molecule has 0 aliphatic carbocycles. The number of aryl methyl sites for hydroxylation is 1. The molecule has 0 fully saturated rings. The molecule has 0 saturated heterocycles. The fourth-order valence-electron chi connectivity index (χ4n) is 3.52. The number of carbonyl (C=O) groups is 1. The zero-order valence-electron chi connectivity index (χ0n) is 18.2. The van der Waals surface area contributed by atoms with Gasteiger partial charge in [0.05, 0.1) is 23.9 Å². The van der Waals surface area contributed by atoms with Crippen LogP contribution in [0.15, 0.2) is 47.7 Å². The average molecular weight is 444 g/mol. The number of allylic oxidation sites excluding steroid dienone is 1. The van der Waals surface area contributed by atoms with Crippen LogP contribution in [0.25, 0.3) is 0 Å². The van der Waals surface area contributed by atoms with Crippen molar-refractivity contribution in [2.45, 2.75) is 26.8 Å². The predicted octanol–water partition coefficient (Wildman–Crippen LogP) is 4.04. The third-order valence-corrected chi connectivity index (χ3v) is 5.45. The van der Waals surface area contributed by atoms with Crippen LogP contribution in [0.2, 0.25) is 0 Å². The molecule has 0 spiro atoms. The van der Waals surface area contributed by atoms with E-state index in [1.807, 2.05) is 6.92 Å². The Hall–Kier alpha value is -3.13. The molecular weight excluding hydrogens is 417 g/mol. The van der Waals surface area contributed by atoms with E-state index in [1.165, 1.54) is 17.0 Å².